The third-order valence-electron chi connectivity index (χ3n) is 3.53. The van der Waals surface area contributed by atoms with Crippen molar-refractivity contribution in [2.75, 3.05) is 25.4 Å². The van der Waals surface area contributed by atoms with Crippen LogP contribution in [-0.4, -0.2) is 44.2 Å². The maximum Gasteiger partial charge on any atom is 0.215 e. The van der Waals surface area contributed by atoms with Crippen molar-refractivity contribution in [1.29, 1.82) is 0 Å². The highest BCUT2D eigenvalue weighted by Crippen LogP contribution is 2.16. The fourth-order valence-corrected chi connectivity index (χ4v) is 4.40. The van der Waals surface area contributed by atoms with Gasteiger partial charge >= 0.3 is 0 Å². The van der Waals surface area contributed by atoms with Gasteiger partial charge in [-0.15, -0.1) is 0 Å². The van der Waals surface area contributed by atoms with Gasteiger partial charge in [0, 0.05) is 19.1 Å². The van der Waals surface area contributed by atoms with Gasteiger partial charge in [-0.1, -0.05) is 12.8 Å². The second-order valence-electron chi connectivity index (χ2n) is 4.89. The van der Waals surface area contributed by atoms with Gasteiger partial charge in [-0.05, 0) is 32.2 Å². The molecule has 0 aromatic carbocycles. The average Bonchev–Trinajstić information content (AvgIpc) is 2.56. The summed E-state index contributed by atoms with van der Waals surface area (Å²) in [7, 11) is -3.02. The molecule has 0 aliphatic carbocycles. The van der Waals surface area contributed by atoms with Crippen molar-refractivity contribution >= 4 is 10.0 Å². The summed E-state index contributed by atoms with van der Waals surface area (Å²) in [6.07, 6.45) is 6.52. The van der Waals surface area contributed by atoms with E-state index in [2.05, 4.69) is 5.32 Å². The Bertz CT molecular complexity index is 302. The number of nitrogens with one attached hydrogen (secondary N) is 1. The molecule has 1 atom stereocenters. The Morgan fingerprint density at radius 3 is 2.31 bits per heavy atom. The van der Waals surface area contributed by atoms with Crippen molar-refractivity contribution in [1.82, 2.24) is 9.62 Å². The Morgan fingerprint density at radius 2 is 1.75 bits per heavy atom. The number of nitrogens with zero attached hydrogens (tertiary/aromatic N) is 1. The number of rotatable bonds is 3. The molecule has 0 radical (unpaired) electrons. The van der Waals surface area contributed by atoms with Crippen LogP contribution >= 0.6 is 0 Å². The van der Waals surface area contributed by atoms with Crippen LogP contribution in [0, 0.1) is 0 Å². The van der Waals surface area contributed by atoms with Crippen molar-refractivity contribution in [2.45, 2.75) is 44.6 Å². The van der Waals surface area contributed by atoms with Crippen LogP contribution in [-0.2, 0) is 10.0 Å². The largest absolute Gasteiger partial charge is 0.313 e. The fraction of sp³-hybridized carbons (Fsp3) is 1.00. The molecule has 0 bridgehead atoms. The standard InChI is InChI=1S/C11H22N2O2S/c14-16(15,10-11-6-5-7-12-11)13-8-3-1-2-4-9-13/h11-12H,1-10H2. The minimum Gasteiger partial charge on any atom is -0.313 e. The molecular weight excluding hydrogens is 224 g/mol. The van der Waals surface area contributed by atoms with Gasteiger partial charge in [0.2, 0.25) is 10.0 Å². The highest BCUT2D eigenvalue weighted by Gasteiger charge is 2.27. The fourth-order valence-electron chi connectivity index (χ4n) is 2.58. The van der Waals surface area contributed by atoms with E-state index in [1.807, 2.05) is 0 Å². The number of sulfonamides is 1. The molecule has 2 aliphatic rings. The van der Waals surface area contributed by atoms with E-state index in [-0.39, 0.29) is 6.04 Å². The monoisotopic (exact) mass is 246 g/mol. The van der Waals surface area contributed by atoms with Crippen molar-refractivity contribution in [3.05, 3.63) is 0 Å². The van der Waals surface area contributed by atoms with E-state index in [0.29, 0.717) is 5.75 Å². The van der Waals surface area contributed by atoms with Gasteiger partial charge in [0.25, 0.3) is 0 Å². The summed E-state index contributed by atoms with van der Waals surface area (Å²) < 4.78 is 26.1. The van der Waals surface area contributed by atoms with E-state index in [1.165, 1.54) is 12.8 Å². The van der Waals surface area contributed by atoms with Crippen molar-refractivity contribution < 1.29 is 8.42 Å². The quantitative estimate of drug-likeness (QED) is 0.806. The zero-order chi connectivity index (χ0) is 11.4. The molecule has 2 heterocycles. The lowest BCUT2D eigenvalue weighted by atomic mass is 10.2. The summed E-state index contributed by atoms with van der Waals surface area (Å²) in [4.78, 5) is 0. The van der Waals surface area contributed by atoms with E-state index < -0.39 is 10.0 Å². The maximum atomic E-state index is 12.2. The van der Waals surface area contributed by atoms with Crippen LogP contribution in [0.25, 0.3) is 0 Å². The van der Waals surface area contributed by atoms with E-state index in [4.69, 9.17) is 0 Å². The molecule has 0 spiro atoms. The zero-order valence-electron chi connectivity index (χ0n) is 9.82. The Hall–Kier alpha value is -0.130. The van der Waals surface area contributed by atoms with E-state index in [9.17, 15) is 8.42 Å². The lowest BCUT2D eigenvalue weighted by molar-refractivity contribution is 0.419. The van der Waals surface area contributed by atoms with Gasteiger partial charge in [0.1, 0.15) is 0 Å². The first-order valence-electron chi connectivity index (χ1n) is 6.40. The summed E-state index contributed by atoms with van der Waals surface area (Å²) >= 11 is 0. The number of hydrogen-bond acceptors (Lipinski definition) is 3. The maximum absolute atomic E-state index is 12.2. The summed E-state index contributed by atoms with van der Waals surface area (Å²) in [5.41, 5.74) is 0. The van der Waals surface area contributed by atoms with Crippen molar-refractivity contribution in [3.63, 3.8) is 0 Å². The van der Waals surface area contributed by atoms with E-state index in [1.54, 1.807) is 4.31 Å². The molecule has 2 aliphatic heterocycles. The summed E-state index contributed by atoms with van der Waals surface area (Å²) in [5.74, 6) is 0.299. The van der Waals surface area contributed by atoms with Crippen LogP contribution in [0.3, 0.4) is 0 Å². The van der Waals surface area contributed by atoms with Gasteiger partial charge in [0.15, 0.2) is 0 Å². The molecule has 0 aromatic rings. The minimum absolute atomic E-state index is 0.188. The first-order chi connectivity index (χ1) is 7.68. The molecule has 2 fully saturated rings. The van der Waals surface area contributed by atoms with Crippen LogP contribution in [0.4, 0.5) is 0 Å². The van der Waals surface area contributed by atoms with Crippen molar-refractivity contribution in [3.8, 4) is 0 Å². The molecule has 0 amide bonds. The topological polar surface area (TPSA) is 49.4 Å². The lowest BCUT2D eigenvalue weighted by Gasteiger charge is -2.22. The predicted molar refractivity (Wildman–Crippen MR) is 64.9 cm³/mol. The molecule has 0 aromatic heterocycles. The predicted octanol–water partition coefficient (Wildman–Crippen LogP) is 0.944. The Labute approximate surface area is 98.4 Å². The number of hydrogen-bond donors (Lipinski definition) is 1. The van der Waals surface area contributed by atoms with Crippen LogP contribution < -0.4 is 5.32 Å². The molecule has 1 N–H and O–H groups in total. The lowest BCUT2D eigenvalue weighted by Crippen LogP contribution is -2.40. The average molecular weight is 246 g/mol. The molecule has 4 nitrogen and oxygen atoms in total. The first-order valence-corrected chi connectivity index (χ1v) is 8.00. The van der Waals surface area contributed by atoms with Gasteiger partial charge in [-0.25, -0.2) is 12.7 Å². The normalized spacial score (nSPS) is 29.1. The molecular formula is C11H22N2O2S. The van der Waals surface area contributed by atoms with Gasteiger partial charge in [0.05, 0.1) is 5.75 Å². The SMILES string of the molecule is O=S(=O)(CC1CCCN1)N1CCCCCC1. The molecule has 0 saturated carbocycles. The second kappa shape index (κ2) is 5.47. The van der Waals surface area contributed by atoms with Gasteiger partial charge in [-0.2, -0.15) is 0 Å². The smallest absolute Gasteiger partial charge is 0.215 e. The minimum atomic E-state index is -3.02. The Balaban J connectivity index is 1.93. The van der Waals surface area contributed by atoms with E-state index >= 15 is 0 Å². The molecule has 2 rings (SSSR count). The molecule has 1 unspecified atom stereocenters. The molecule has 5 heteroatoms. The molecule has 2 saturated heterocycles. The summed E-state index contributed by atoms with van der Waals surface area (Å²) in [5, 5.41) is 3.26. The Kier molecular flexibility index (Phi) is 4.21. The van der Waals surface area contributed by atoms with E-state index in [0.717, 1.165) is 45.3 Å². The molecule has 94 valence electrons. The Morgan fingerprint density at radius 1 is 1.06 bits per heavy atom. The summed E-state index contributed by atoms with van der Waals surface area (Å²) in [6, 6.07) is 0.188. The third-order valence-corrected chi connectivity index (χ3v) is 5.51. The summed E-state index contributed by atoms with van der Waals surface area (Å²) in [6.45, 7) is 2.43. The van der Waals surface area contributed by atoms with Gasteiger partial charge in [-0.3, -0.25) is 0 Å². The van der Waals surface area contributed by atoms with Gasteiger partial charge < -0.3 is 5.32 Å². The highest BCUT2D eigenvalue weighted by molar-refractivity contribution is 7.89. The third kappa shape index (κ3) is 3.18. The van der Waals surface area contributed by atoms with Crippen LogP contribution in [0.15, 0.2) is 0 Å². The zero-order valence-corrected chi connectivity index (χ0v) is 10.6. The van der Waals surface area contributed by atoms with Crippen molar-refractivity contribution in [2.24, 2.45) is 0 Å². The second-order valence-corrected chi connectivity index (χ2v) is 6.90. The van der Waals surface area contributed by atoms with Crippen LogP contribution in [0.5, 0.6) is 0 Å². The van der Waals surface area contributed by atoms with Crippen LogP contribution in [0.2, 0.25) is 0 Å². The van der Waals surface area contributed by atoms with Crippen LogP contribution in [0.1, 0.15) is 38.5 Å². The highest BCUT2D eigenvalue weighted by atomic mass is 32.2. The first kappa shape index (κ1) is 12.3. The molecule has 16 heavy (non-hydrogen) atoms.